The zero-order chi connectivity index (χ0) is 14.8. The normalized spacial score (nSPS) is 14.8. The highest BCUT2D eigenvalue weighted by Crippen LogP contribution is 2.19. The maximum Gasteiger partial charge on any atom is 0.119 e. The van der Waals surface area contributed by atoms with Gasteiger partial charge in [0.15, 0.2) is 0 Å². The van der Waals surface area contributed by atoms with E-state index in [0.717, 1.165) is 31.9 Å². The molecule has 0 saturated carbocycles. The maximum absolute atomic E-state index is 5.75. The molecular formula is C19H29NO. The van der Waals surface area contributed by atoms with Gasteiger partial charge in [-0.25, -0.2) is 0 Å². The van der Waals surface area contributed by atoms with Crippen LogP contribution in [0.3, 0.4) is 0 Å². The first-order valence-corrected chi connectivity index (χ1v) is 8.49. The van der Waals surface area contributed by atoms with Crippen molar-refractivity contribution >= 4 is 0 Å². The van der Waals surface area contributed by atoms with Crippen LogP contribution in [0, 0.1) is 0 Å². The van der Waals surface area contributed by atoms with E-state index in [1.807, 2.05) is 6.07 Å². The Morgan fingerprint density at radius 1 is 1.24 bits per heavy atom. The molecule has 0 fully saturated rings. The van der Waals surface area contributed by atoms with E-state index in [1.165, 1.54) is 44.1 Å². The summed E-state index contributed by atoms with van der Waals surface area (Å²) in [6.07, 6.45) is 11.3. The predicted octanol–water partition coefficient (Wildman–Crippen LogP) is 4.85. The van der Waals surface area contributed by atoms with Crippen molar-refractivity contribution in [3.05, 3.63) is 41.5 Å². The molecule has 0 radical (unpaired) electrons. The average Bonchev–Trinajstić information content (AvgIpc) is 2.53. The molecule has 0 heterocycles. The van der Waals surface area contributed by atoms with E-state index in [0.29, 0.717) is 0 Å². The van der Waals surface area contributed by atoms with Crippen molar-refractivity contribution in [1.82, 2.24) is 5.32 Å². The number of rotatable bonds is 9. The van der Waals surface area contributed by atoms with Crippen molar-refractivity contribution in [2.75, 3.05) is 13.2 Å². The van der Waals surface area contributed by atoms with E-state index in [-0.39, 0.29) is 0 Å². The van der Waals surface area contributed by atoms with Crippen LogP contribution in [-0.2, 0) is 6.54 Å². The number of unbranched alkanes of at least 4 members (excludes halogenated alkanes) is 1. The predicted molar refractivity (Wildman–Crippen MR) is 89.7 cm³/mol. The Morgan fingerprint density at radius 3 is 3.00 bits per heavy atom. The van der Waals surface area contributed by atoms with E-state index < -0.39 is 0 Å². The fourth-order valence-corrected chi connectivity index (χ4v) is 2.69. The number of allylic oxidation sites excluding steroid dienone is 1. The molecule has 1 aromatic carbocycles. The lowest BCUT2D eigenvalue weighted by molar-refractivity contribution is 0.309. The SMILES string of the molecule is CCCCOc1cccc(CNCCC2=CCCCC2)c1. The zero-order valence-corrected chi connectivity index (χ0v) is 13.4. The second kappa shape index (κ2) is 9.62. The van der Waals surface area contributed by atoms with Gasteiger partial charge in [-0.1, -0.05) is 37.1 Å². The third-order valence-corrected chi connectivity index (χ3v) is 4.00. The Bertz CT molecular complexity index is 439. The van der Waals surface area contributed by atoms with Crippen LogP contribution in [0.25, 0.3) is 0 Å². The minimum atomic E-state index is 0.821. The van der Waals surface area contributed by atoms with Crippen molar-refractivity contribution < 1.29 is 4.74 Å². The molecule has 0 amide bonds. The van der Waals surface area contributed by atoms with Crippen molar-refractivity contribution in [2.24, 2.45) is 0 Å². The fraction of sp³-hybridized carbons (Fsp3) is 0.579. The number of benzene rings is 1. The van der Waals surface area contributed by atoms with Crippen LogP contribution in [0.4, 0.5) is 0 Å². The third kappa shape index (κ3) is 6.34. The van der Waals surface area contributed by atoms with Gasteiger partial charge in [0, 0.05) is 6.54 Å². The van der Waals surface area contributed by atoms with Gasteiger partial charge in [-0.2, -0.15) is 0 Å². The number of nitrogens with one attached hydrogen (secondary N) is 1. The highest BCUT2D eigenvalue weighted by Gasteiger charge is 2.03. The molecule has 0 aliphatic heterocycles. The molecule has 1 aromatic rings. The van der Waals surface area contributed by atoms with Gasteiger partial charge >= 0.3 is 0 Å². The standard InChI is InChI=1S/C19H29NO/c1-2-3-14-21-19-11-7-10-18(15-19)16-20-13-12-17-8-5-4-6-9-17/h7-8,10-11,15,20H,2-6,9,12-14,16H2,1H3. The molecule has 1 N–H and O–H groups in total. The Kier molecular flexibility index (Phi) is 7.37. The Balaban J connectivity index is 1.67. The van der Waals surface area contributed by atoms with Gasteiger partial charge in [-0.3, -0.25) is 0 Å². The summed E-state index contributed by atoms with van der Waals surface area (Å²) in [5.74, 6) is 0.998. The van der Waals surface area contributed by atoms with Crippen LogP contribution in [0.2, 0.25) is 0 Å². The molecule has 0 atom stereocenters. The van der Waals surface area contributed by atoms with Crippen LogP contribution in [0.1, 0.15) is 57.4 Å². The monoisotopic (exact) mass is 287 g/mol. The lowest BCUT2D eigenvalue weighted by Gasteiger charge is -2.13. The summed E-state index contributed by atoms with van der Waals surface area (Å²) in [7, 11) is 0. The highest BCUT2D eigenvalue weighted by atomic mass is 16.5. The molecule has 1 aliphatic rings. The van der Waals surface area contributed by atoms with Crippen LogP contribution in [0.5, 0.6) is 5.75 Å². The summed E-state index contributed by atoms with van der Waals surface area (Å²) < 4.78 is 5.75. The molecule has 0 bridgehead atoms. The van der Waals surface area contributed by atoms with Gasteiger partial charge in [-0.15, -0.1) is 0 Å². The minimum absolute atomic E-state index is 0.821. The van der Waals surface area contributed by atoms with Crippen molar-refractivity contribution in [3.8, 4) is 5.75 Å². The molecule has 0 aromatic heterocycles. The minimum Gasteiger partial charge on any atom is -0.494 e. The third-order valence-electron chi connectivity index (χ3n) is 4.00. The van der Waals surface area contributed by atoms with E-state index in [1.54, 1.807) is 5.57 Å². The second-order valence-corrected chi connectivity index (χ2v) is 5.88. The summed E-state index contributed by atoms with van der Waals surface area (Å²) in [5, 5.41) is 3.55. The van der Waals surface area contributed by atoms with Gasteiger partial charge in [0.05, 0.1) is 6.61 Å². The highest BCUT2D eigenvalue weighted by molar-refractivity contribution is 5.28. The molecular weight excluding hydrogens is 258 g/mol. The smallest absolute Gasteiger partial charge is 0.119 e. The van der Waals surface area contributed by atoms with Gasteiger partial charge in [0.1, 0.15) is 5.75 Å². The summed E-state index contributed by atoms with van der Waals surface area (Å²) in [6.45, 7) is 5.01. The number of ether oxygens (including phenoxy) is 1. The molecule has 116 valence electrons. The molecule has 21 heavy (non-hydrogen) atoms. The quantitative estimate of drug-likeness (QED) is 0.518. The Hall–Kier alpha value is -1.28. The van der Waals surface area contributed by atoms with Gasteiger partial charge in [0.25, 0.3) is 0 Å². The fourth-order valence-electron chi connectivity index (χ4n) is 2.69. The lowest BCUT2D eigenvalue weighted by atomic mass is 9.97. The molecule has 2 heteroatoms. The van der Waals surface area contributed by atoms with Gasteiger partial charge < -0.3 is 10.1 Å². The van der Waals surface area contributed by atoms with Gasteiger partial charge in [-0.05, 0) is 62.8 Å². The summed E-state index contributed by atoms with van der Waals surface area (Å²) >= 11 is 0. The van der Waals surface area contributed by atoms with Crippen LogP contribution in [-0.4, -0.2) is 13.2 Å². The first-order chi connectivity index (χ1) is 10.4. The van der Waals surface area contributed by atoms with Crippen LogP contribution >= 0.6 is 0 Å². The molecule has 0 unspecified atom stereocenters. The van der Waals surface area contributed by atoms with E-state index >= 15 is 0 Å². The molecule has 0 spiro atoms. The summed E-state index contributed by atoms with van der Waals surface area (Å²) in [6, 6.07) is 8.45. The average molecular weight is 287 g/mol. The molecule has 2 rings (SSSR count). The Morgan fingerprint density at radius 2 is 2.19 bits per heavy atom. The molecule has 2 nitrogen and oxygen atoms in total. The first kappa shape index (κ1) is 16.1. The Labute approximate surface area is 129 Å². The van der Waals surface area contributed by atoms with Crippen molar-refractivity contribution in [3.63, 3.8) is 0 Å². The van der Waals surface area contributed by atoms with E-state index in [2.05, 4.69) is 36.5 Å². The number of hydrogen-bond donors (Lipinski definition) is 1. The maximum atomic E-state index is 5.75. The lowest BCUT2D eigenvalue weighted by Crippen LogP contribution is -2.15. The van der Waals surface area contributed by atoms with E-state index in [4.69, 9.17) is 4.74 Å². The largest absolute Gasteiger partial charge is 0.494 e. The van der Waals surface area contributed by atoms with Crippen molar-refractivity contribution in [1.29, 1.82) is 0 Å². The topological polar surface area (TPSA) is 21.3 Å². The van der Waals surface area contributed by atoms with Crippen LogP contribution in [0.15, 0.2) is 35.9 Å². The molecule has 1 aliphatic carbocycles. The first-order valence-electron chi connectivity index (χ1n) is 8.49. The summed E-state index contributed by atoms with van der Waals surface area (Å²) in [5.41, 5.74) is 2.95. The van der Waals surface area contributed by atoms with Crippen LogP contribution < -0.4 is 10.1 Å². The van der Waals surface area contributed by atoms with Crippen molar-refractivity contribution in [2.45, 2.75) is 58.4 Å². The number of hydrogen-bond acceptors (Lipinski definition) is 2. The molecule has 0 saturated heterocycles. The zero-order valence-electron chi connectivity index (χ0n) is 13.4. The van der Waals surface area contributed by atoms with E-state index in [9.17, 15) is 0 Å². The second-order valence-electron chi connectivity index (χ2n) is 5.88. The summed E-state index contributed by atoms with van der Waals surface area (Å²) in [4.78, 5) is 0. The van der Waals surface area contributed by atoms with Gasteiger partial charge in [0.2, 0.25) is 0 Å².